The highest BCUT2D eigenvalue weighted by molar-refractivity contribution is 5.85. The van der Waals surface area contributed by atoms with Gasteiger partial charge in [0.2, 0.25) is 5.91 Å². The summed E-state index contributed by atoms with van der Waals surface area (Å²) in [6, 6.07) is 0.419. The number of amides is 1. The summed E-state index contributed by atoms with van der Waals surface area (Å²) in [5, 5.41) is 3.48. The zero-order valence-corrected chi connectivity index (χ0v) is 9.25. The lowest BCUT2D eigenvalue weighted by Gasteiger charge is -2.29. The number of allylic oxidation sites excluding steroid dienone is 1. The molecule has 0 aromatic carbocycles. The Kier molecular flexibility index (Phi) is 2.44. The Balaban J connectivity index is 1.98. The third-order valence-electron chi connectivity index (χ3n) is 3.65. The van der Waals surface area contributed by atoms with Crippen LogP contribution in [-0.2, 0) is 4.79 Å². The average Bonchev–Trinajstić information content (AvgIpc) is 2.61. The van der Waals surface area contributed by atoms with Crippen LogP contribution in [0.5, 0.6) is 0 Å². The van der Waals surface area contributed by atoms with Gasteiger partial charge in [0.25, 0.3) is 0 Å². The Labute approximate surface area is 95.1 Å². The molecule has 0 aromatic heterocycles. The lowest BCUT2D eigenvalue weighted by atomic mass is 9.87. The van der Waals surface area contributed by atoms with E-state index in [1.165, 1.54) is 24.8 Å². The summed E-state index contributed by atoms with van der Waals surface area (Å²) in [5.41, 5.74) is 8.12. The number of hydrazine groups is 1. The van der Waals surface area contributed by atoms with Gasteiger partial charge >= 0.3 is 0 Å². The standard InChI is InChI=1S/C12H17N3O/c16-12-9-7-13-10-6-4-2-1-3-5-8(10)11(9)14-15-12/h3,5,9-10,13-14H,1-2,4,6-7H2,(H,15,16). The van der Waals surface area contributed by atoms with Gasteiger partial charge in [-0.25, -0.2) is 0 Å². The molecule has 3 N–H and O–H groups in total. The van der Waals surface area contributed by atoms with Crippen LogP contribution in [0.2, 0.25) is 0 Å². The van der Waals surface area contributed by atoms with Crippen molar-refractivity contribution >= 4 is 5.91 Å². The summed E-state index contributed by atoms with van der Waals surface area (Å²) in [6.07, 6.45) is 9.26. The van der Waals surface area contributed by atoms with E-state index >= 15 is 0 Å². The number of hydrogen-bond acceptors (Lipinski definition) is 3. The van der Waals surface area contributed by atoms with E-state index in [-0.39, 0.29) is 11.8 Å². The van der Waals surface area contributed by atoms with Crippen molar-refractivity contribution in [1.82, 2.24) is 16.2 Å². The molecule has 2 heterocycles. The molecule has 3 rings (SSSR count). The first-order chi connectivity index (χ1) is 7.86. The molecule has 2 aliphatic heterocycles. The molecule has 1 saturated heterocycles. The van der Waals surface area contributed by atoms with Crippen LogP contribution in [-0.4, -0.2) is 18.5 Å². The fraction of sp³-hybridized carbons (Fsp3) is 0.583. The van der Waals surface area contributed by atoms with Gasteiger partial charge in [0.1, 0.15) is 0 Å². The lowest BCUT2D eigenvalue weighted by molar-refractivity contribution is -0.122. The fourth-order valence-corrected chi connectivity index (χ4v) is 2.74. The summed E-state index contributed by atoms with van der Waals surface area (Å²) in [7, 11) is 0. The second kappa shape index (κ2) is 3.94. The zero-order valence-electron chi connectivity index (χ0n) is 9.25. The number of nitrogens with one attached hydrogen (secondary N) is 3. The van der Waals surface area contributed by atoms with Crippen molar-refractivity contribution in [3.05, 3.63) is 23.4 Å². The van der Waals surface area contributed by atoms with Crippen molar-refractivity contribution < 1.29 is 4.79 Å². The predicted molar refractivity (Wildman–Crippen MR) is 61.2 cm³/mol. The number of carbonyl (C=O) groups is 1. The number of rotatable bonds is 0. The van der Waals surface area contributed by atoms with Crippen molar-refractivity contribution in [2.24, 2.45) is 5.92 Å². The predicted octanol–water partition coefficient (Wildman–Crippen LogP) is 0.593. The minimum atomic E-state index is -0.0182. The van der Waals surface area contributed by atoms with Crippen molar-refractivity contribution in [3.8, 4) is 0 Å². The summed E-state index contributed by atoms with van der Waals surface area (Å²) in [4.78, 5) is 11.6. The van der Waals surface area contributed by atoms with E-state index in [1.807, 2.05) is 0 Å². The molecule has 1 amide bonds. The van der Waals surface area contributed by atoms with Gasteiger partial charge in [-0.2, -0.15) is 0 Å². The molecule has 3 aliphatic rings. The maximum Gasteiger partial charge on any atom is 0.248 e. The molecular weight excluding hydrogens is 202 g/mol. The molecule has 4 heteroatoms. The van der Waals surface area contributed by atoms with E-state index in [2.05, 4.69) is 28.3 Å². The van der Waals surface area contributed by atoms with Crippen molar-refractivity contribution in [2.75, 3.05) is 6.54 Å². The van der Waals surface area contributed by atoms with E-state index in [0.29, 0.717) is 6.04 Å². The molecule has 0 saturated carbocycles. The topological polar surface area (TPSA) is 53.2 Å². The normalized spacial score (nSPS) is 33.4. The van der Waals surface area contributed by atoms with Gasteiger partial charge in [-0.05, 0) is 24.8 Å². The zero-order chi connectivity index (χ0) is 11.0. The Morgan fingerprint density at radius 1 is 1.25 bits per heavy atom. The van der Waals surface area contributed by atoms with Gasteiger partial charge in [0.05, 0.1) is 11.6 Å². The summed E-state index contributed by atoms with van der Waals surface area (Å²) in [5.74, 6) is 0.0687. The lowest BCUT2D eigenvalue weighted by Crippen LogP contribution is -2.42. The number of fused-ring (bicyclic) bond motifs is 2. The molecule has 86 valence electrons. The van der Waals surface area contributed by atoms with Crippen LogP contribution >= 0.6 is 0 Å². The van der Waals surface area contributed by atoms with Crippen LogP contribution in [0, 0.1) is 5.92 Å². The van der Waals surface area contributed by atoms with E-state index in [1.54, 1.807) is 0 Å². The van der Waals surface area contributed by atoms with Crippen LogP contribution < -0.4 is 16.2 Å². The SMILES string of the molecule is O=C1NNC2=C3C=CCCCCC3NCC12. The highest BCUT2D eigenvalue weighted by atomic mass is 16.2. The Bertz CT molecular complexity index is 372. The summed E-state index contributed by atoms with van der Waals surface area (Å²) in [6.45, 7) is 0.760. The number of carbonyl (C=O) groups excluding carboxylic acids is 1. The Morgan fingerprint density at radius 2 is 2.19 bits per heavy atom. The van der Waals surface area contributed by atoms with Gasteiger partial charge in [-0.15, -0.1) is 0 Å². The number of hydrogen-bond donors (Lipinski definition) is 3. The van der Waals surface area contributed by atoms with Crippen molar-refractivity contribution in [1.29, 1.82) is 0 Å². The maximum absolute atomic E-state index is 11.6. The Hall–Kier alpha value is -1.29. The molecular formula is C12H17N3O. The van der Waals surface area contributed by atoms with Crippen LogP contribution in [0.1, 0.15) is 25.7 Å². The van der Waals surface area contributed by atoms with Gasteiger partial charge in [-0.1, -0.05) is 18.6 Å². The van der Waals surface area contributed by atoms with Crippen LogP contribution in [0.25, 0.3) is 0 Å². The monoisotopic (exact) mass is 219 g/mol. The molecule has 2 unspecified atom stereocenters. The fourth-order valence-electron chi connectivity index (χ4n) is 2.74. The van der Waals surface area contributed by atoms with Crippen LogP contribution in [0.4, 0.5) is 0 Å². The van der Waals surface area contributed by atoms with Gasteiger partial charge in [0.15, 0.2) is 0 Å². The molecule has 0 bridgehead atoms. The Morgan fingerprint density at radius 3 is 3.12 bits per heavy atom. The largest absolute Gasteiger partial charge is 0.309 e. The van der Waals surface area contributed by atoms with E-state index in [4.69, 9.17) is 0 Å². The van der Waals surface area contributed by atoms with Crippen LogP contribution in [0.15, 0.2) is 23.4 Å². The highest BCUT2D eigenvalue weighted by Crippen LogP contribution is 2.28. The molecule has 4 nitrogen and oxygen atoms in total. The third-order valence-corrected chi connectivity index (χ3v) is 3.65. The molecule has 0 radical (unpaired) electrons. The molecule has 16 heavy (non-hydrogen) atoms. The molecule has 1 fully saturated rings. The molecule has 1 aliphatic carbocycles. The second-order valence-corrected chi connectivity index (χ2v) is 4.68. The highest BCUT2D eigenvalue weighted by Gasteiger charge is 2.36. The third kappa shape index (κ3) is 1.53. The smallest absolute Gasteiger partial charge is 0.248 e. The van der Waals surface area contributed by atoms with E-state index in [0.717, 1.165) is 18.7 Å². The second-order valence-electron chi connectivity index (χ2n) is 4.68. The molecule has 0 aromatic rings. The summed E-state index contributed by atoms with van der Waals surface area (Å²) < 4.78 is 0. The van der Waals surface area contributed by atoms with E-state index in [9.17, 15) is 4.79 Å². The van der Waals surface area contributed by atoms with Crippen LogP contribution in [0.3, 0.4) is 0 Å². The first-order valence-corrected chi connectivity index (χ1v) is 6.06. The van der Waals surface area contributed by atoms with Gasteiger partial charge < -0.3 is 10.7 Å². The van der Waals surface area contributed by atoms with Crippen molar-refractivity contribution in [2.45, 2.75) is 31.7 Å². The average molecular weight is 219 g/mol. The molecule has 0 spiro atoms. The van der Waals surface area contributed by atoms with Gasteiger partial charge in [-0.3, -0.25) is 10.2 Å². The maximum atomic E-state index is 11.6. The summed E-state index contributed by atoms with van der Waals surface area (Å²) >= 11 is 0. The van der Waals surface area contributed by atoms with Gasteiger partial charge in [0, 0.05) is 12.6 Å². The minimum Gasteiger partial charge on any atom is -0.309 e. The quantitative estimate of drug-likeness (QED) is 0.559. The van der Waals surface area contributed by atoms with E-state index < -0.39 is 0 Å². The van der Waals surface area contributed by atoms with Crippen molar-refractivity contribution in [3.63, 3.8) is 0 Å². The minimum absolute atomic E-state index is 0.0182. The first-order valence-electron chi connectivity index (χ1n) is 6.06. The molecule has 2 atom stereocenters. The first kappa shape index (κ1) is 9.90.